The Kier molecular flexibility index (Phi) is 7.70. The van der Waals surface area contributed by atoms with E-state index in [1.165, 1.54) is 0 Å². The summed E-state index contributed by atoms with van der Waals surface area (Å²) in [5.41, 5.74) is 1.89. The number of ether oxygens (including phenoxy) is 3. The molecule has 1 unspecified atom stereocenters. The van der Waals surface area contributed by atoms with Crippen LogP contribution in [0.2, 0.25) is 0 Å². The number of hydrogen-bond acceptors (Lipinski definition) is 8. The summed E-state index contributed by atoms with van der Waals surface area (Å²) in [6.45, 7) is -0.174. The summed E-state index contributed by atoms with van der Waals surface area (Å²) >= 11 is 0.619. The highest BCUT2D eigenvalue weighted by Gasteiger charge is 2.55. The van der Waals surface area contributed by atoms with Gasteiger partial charge in [0.2, 0.25) is 4.75 Å². The van der Waals surface area contributed by atoms with E-state index in [2.05, 4.69) is 5.32 Å². The Bertz CT molecular complexity index is 1260. The Labute approximate surface area is 211 Å². The van der Waals surface area contributed by atoms with Crippen LogP contribution in [0, 0.1) is 0 Å². The van der Waals surface area contributed by atoms with E-state index in [0.29, 0.717) is 34.4 Å². The molecule has 36 heavy (non-hydrogen) atoms. The maximum absolute atomic E-state index is 13.0. The van der Waals surface area contributed by atoms with E-state index in [9.17, 15) is 19.2 Å². The topological polar surface area (TPSA) is 108 Å². The molecule has 184 valence electrons. The highest BCUT2D eigenvalue weighted by molar-refractivity contribution is 8.16. The summed E-state index contributed by atoms with van der Waals surface area (Å²) in [5.74, 6) is -0.591. The molecule has 3 aromatic carbocycles. The molecule has 2 amide bonds. The van der Waals surface area contributed by atoms with Gasteiger partial charge >= 0.3 is 5.97 Å². The standard InChI is InChI=1S/C27H23NO7S/c1-33-21-13-9-20(10-14-21)23(29)17-34-22-11-7-18(8-12-22)15-27(24(30)28-26(32)36-27)25(31)35-16-19-5-3-2-4-6-19/h2-14H,15-17H2,1H3,(H,28,30,32). The maximum atomic E-state index is 13.0. The highest BCUT2D eigenvalue weighted by atomic mass is 32.2. The third kappa shape index (κ3) is 5.75. The third-order valence-electron chi connectivity index (χ3n) is 5.55. The van der Waals surface area contributed by atoms with E-state index in [4.69, 9.17) is 14.2 Å². The fraction of sp³-hybridized carbons (Fsp3) is 0.185. The van der Waals surface area contributed by atoms with Crippen molar-refractivity contribution in [2.24, 2.45) is 0 Å². The van der Waals surface area contributed by atoms with Gasteiger partial charge in [0.25, 0.3) is 11.1 Å². The Morgan fingerprint density at radius 3 is 2.14 bits per heavy atom. The molecule has 0 radical (unpaired) electrons. The van der Waals surface area contributed by atoms with Crippen molar-refractivity contribution in [1.82, 2.24) is 5.32 Å². The van der Waals surface area contributed by atoms with Crippen LogP contribution >= 0.6 is 11.8 Å². The lowest BCUT2D eigenvalue weighted by Crippen LogP contribution is -2.46. The van der Waals surface area contributed by atoms with Gasteiger partial charge in [0.1, 0.15) is 18.1 Å². The predicted octanol–water partition coefficient (Wildman–Crippen LogP) is 3.96. The first-order valence-electron chi connectivity index (χ1n) is 11.0. The quantitative estimate of drug-likeness (QED) is 0.251. The van der Waals surface area contributed by atoms with Gasteiger partial charge in [-0.3, -0.25) is 19.7 Å². The van der Waals surface area contributed by atoms with Gasteiger partial charge in [0.05, 0.1) is 7.11 Å². The summed E-state index contributed by atoms with van der Waals surface area (Å²) in [6, 6.07) is 22.4. The van der Waals surface area contributed by atoms with Crippen molar-refractivity contribution in [2.45, 2.75) is 17.8 Å². The molecule has 1 aliphatic heterocycles. The number of imide groups is 1. The minimum absolute atomic E-state index is 0.0154. The van der Waals surface area contributed by atoms with Gasteiger partial charge in [-0.15, -0.1) is 0 Å². The van der Waals surface area contributed by atoms with Crippen LogP contribution in [0.15, 0.2) is 78.9 Å². The van der Waals surface area contributed by atoms with Crippen LogP contribution in [-0.2, 0) is 27.4 Å². The second-order valence-corrected chi connectivity index (χ2v) is 9.27. The van der Waals surface area contributed by atoms with Gasteiger partial charge in [-0.1, -0.05) is 42.5 Å². The molecule has 4 rings (SSSR count). The van der Waals surface area contributed by atoms with Crippen molar-refractivity contribution in [3.05, 3.63) is 95.6 Å². The van der Waals surface area contributed by atoms with Crippen molar-refractivity contribution in [1.29, 1.82) is 0 Å². The number of Topliss-reactive ketones (excluding diaryl/α,β-unsaturated/α-hetero) is 1. The van der Waals surface area contributed by atoms with Crippen LogP contribution in [0.4, 0.5) is 4.79 Å². The molecule has 1 aliphatic rings. The van der Waals surface area contributed by atoms with Crippen LogP contribution in [0.25, 0.3) is 0 Å². The number of carbonyl (C=O) groups is 4. The second kappa shape index (κ2) is 11.1. The highest BCUT2D eigenvalue weighted by Crippen LogP contribution is 2.37. The first-order chi connectivity index (χ1) is 17.4. The predicted molar refractivity (Wildman–Crippen MR) is 133 cm³/mol. The lowest BCUT2D eigenvalue weighted by molar-refractivity contribution is -0.150. The van der Waals surface area contributed by atoms with Gasteiger partial charge in [-0.2, -0.15) is 0 Å². The molecule has 1 N–H and O–H groups in total. The van der Waals surface area contributed by atoms with Crippen LogP contribution < -0.4 is 14.8 Å². The monoisotopic (exact) mass is 505 g/mol. The zero-order valence-corrected chi connectivity index (χ0v) is 20.2. The fourth-order valence-corrected chi connectivity index (χ4v) is 4.57. The number of thioether (sulfide) groups is 1. The zero-order chi connectivity index (χ0) is 25.5. The van der Waals surface area contributed by atoms with Crippen molar-refractivity contribution >= 4 is 34.7 Å². The molecule has 9 heteroatoms. The number of amides is 2. The summed E-state index contributed by atoms with van der Waals surface area (Å²) in [4.78, 5) is 50.0. The van der Waals surface area contributed by atoms with Crippen molar-refractivity contribution in [3.63, 3.8) is 0 Å². The van der Waals surface area contributed by atoms with E-state index in [-0.39, 0.29) is 25.4 Å². The number of nitrogens with one attached hydrogen (secondary N) is 1. The van der Waals surface area contributed by atoms with E-state index >= 15 is 0 Å². The van der Waals surface area contributed by atoms with Crippen LogP contribution in [-0.4, -0.2) is 41.4 Å². The van der Waals surface area contributed by atoms with E-state index in [1.54, 1.807) is 67.8 Å². The van der Waals surface area contributed by atoms with Gasteiger partial charge in [-0.05, 0) is 59.3 Å². The van der Waals surface area contributed by atoms with Crippen molar-refractivity contribution < 1.29 is 33.4 Å². The number of benzene rings is 3. The molecule has 1 atom stereocenters. The molecular formula is C27H23NO7S. The van der Waals surface area contributed by atoms with Gasteiger partial charge < -0.3 is 14.2 Å². The third-order valence-corrected chi connectivity index (χ3v) is 6.68. The van der Waals surface area contributed by atoms with Crippen molar-refractivity contribution in [3.8, 4) is 11.5 Å². The number of ketones is 1. The van der Waals surface area contributed by atoms with Crippen molar-refractivity contribution in [2.75, 3.05) is 13.7 Å². The number of hydrogen-bond donors (Lipinski definition) is 1. The molecule has 0 aliphatic carbocycles. The van der Waals surface area contributed by atoms with Crippen LogP contribution in [0.3, 0.4) is 0 Å². The molecule has 1 heterocycles. The van der Waals surface area contributed by atoms with Gasteiger partial charge in [0, 0.05) is 12.0 Å². The normalized spacial score (nSPS) is 16.8. The average Bonchev–Trinajstić information content (AvgIpc) is 3.20. The van der Waals surface area contributed by atoms with Gasteiger partial charge in [-0.25, -0.2) is 4.79 Å². The summed E-state index contributed by atoms with van der Waals surface area (Å²) in [5, 5.41) is 1.59. The number of esters is 1. The number of methoxy groups -OCH3 is 1. The first kappa shape index (κ1) is 25.0. The van der Waals surface area contributed by atoms with E-state index in [1.807, 2.05) is 18.2 Å². The first-order valence-corrected chi connectivity index (χ1v) is 11.9. The minimum atomic E-state index is -1.72. The largest absolute Gasteiger partial charge is 0.497 e. The molecule has 0 spiro atoms. The SMILES string of the molecule is COc1ccc(C(=O)COc2ccc(CC3(C(=O)OCc4ccccc4)SC(=O)NC3=O)cc2)cc1. The average molecular weight is 506 g/mol. The molecule has 8 nitrogen and oxygen atoms in total. The van der Waals surface area contributed by atoms with E-state index in [0.717, 1.165) is 5.56 Å². The van der Waals surface area contributed by atoms with Gasteiger partial charge in [0.15, 0.2) is 12.4 Å². The summed E-state index contributed by atoms with van der Waals surface area (Å²) in [7, 11) is 1.55. The molecule has 1 saturated heterocycles. The lowest BCUT2D eigenvalue weighted by Gasteiger charge is -2.22. The van der Waals surface area contributed by atoms with E-state index < -0.39 is 21.9 Å². The Hall–Kier alpha value is -4.11. The zero-order valence-electron chi connectivity index (χ0n) is 19.4. The smallest absolute Gasteiger partial charge is 0.333 e. The molecule has 0 bridgehead atoms. The Balaban J connectivity index is 1.40. The number of carbonyl (C=O) groups excluding carboxylic acids is 4. The lowest BCUT2D eigenvalue weighted by atomic mass is 9.97. The molecular weight excluding hydrogens is 482 g/mol. The second-order valence-electron chi connectivity index (χ2n) is 7.99. The van der Waals surface area contributed by atoms with Crippen LogP contribution in [0.5, 0.6) is 11.5 Å². The summed E-state index contributed by atoms with van der Waals surface area (Å²) < 4.78 is 14.4. The minimum Gasteiger partial charge on any atom is -0.497 e. The molecule has 0 aromatic heterocycles. The fourth-order valence-electron chi connectivity index (χ4n) is 3.59. The molecule has 0 saturated carbocycles. The molecule has 3 aromatic rings. The maximum Gasteiger partial charge on any atom is 0.333 e. The van der Waals surface area contributed by atoms with Crippen LogP contribution in [0.1, 0.15) is 21.5 Å². The molecule has 1 fully saturated rings. The summed E-state index contributed by atoms with van der Waals surface area (Å²) in [6.07, 6.45) is -0.0477. The number of rotatable bonds is 10. The Morgan fingerprint density at radius 1 is 0.861 bits per heavy atom. The Morgan fingerprint density at radius 2 is 1.53 bits per heavy atom.